The number of hydrogen-bond donors (Lipinski definition) is 1. The van der Waals surface area contributed by atoms with E-state index in [2.05, 4.69) is 14.2 Å². The number of halogens is 3. The first-order chi connectivity index (χ1) is 15.8. The van der Waals surface area contributed by atoms with E-state index < -0.39 is 45.7 Å². The number of benzene rings is 2. The Labute approximate surface area is 195 Å². The average Bonchev–Trinajstić information content (AvgIpc) is 2.77. The standard InChI is InChI=1S/C23H24F3NO6S/c1-14-8-10-17(11-9-14)34(30,31)27-19(16-7-5-6-15(2)12-16)13-18(23(24,25)26)20(21(28)32-3)22(29)33-4/h5-13,18,20,27H,1-4H3/b19-13+/t18-/m0/s1. The van der Waals surface area contributed by atoms with Crippen LogP contribution in [0.4, 0.5) is 13.2 Å². The predicted octanol–water partition coefficient (Wildman–Crippen LogP) is 3.76. The molecule has 0 fully saturated rings. The van der Waals surface area contributed by atoms with E-state index in [1.807, 2.05) is 0 Å². The maximum Gasteiger partial charge on any atom is 0.396 e. The summed E-state index contributed by atoms with van der Waals surface area (Å²) in [7, 11) is -2.66. The molecule has 0 aromatic heterocycles. The second kappa shape index (κ2) is 10.7. The van der Waals surface area contributed by atoms with E-state index >= 15 is 0 Å². The van der Waals surface area contributed by atoms with E-state index in [0.717, 1.165) is 19.8 Å². The first-order valence-corrected chi connectivity index (χ1v) is 11.4. The van der Waals surface area contributed by atoms with Gasteiger partial charge in [0.1, 0.15) is 0 Å². The van der Waals surface area contributed by atoms with Gasteiger partial charge in [-0.1, -0.05) is 41.5 Å². The van der Waals surface area contributed by atoms with Crippen molar-refractivity contribution in [2.75, 3.05) is 14.2 Å². The van der Waals surface area contributed by atoms with Gasteiger partial charge in [0, 0.05) is 0 Å². The molecule has 7 nitrogen and oxygen atoms in total. The fourth-order valence-electron chi connectivity index (χ4n) is 3.13. The van der Waals surface area contributed by atoms with Crippen molar-refractivity contribution in [3.05, 3.63) is 71.3 Å². The van der Waals surface area contributed by atoms with Gasteiger partial charge in [-0.2, -0.15) is 13.2 Å². The average molecular weight is 500 g/mol. The highest BCUT2D eigenvalue weighted by atomic mass is 32.2. The summed E-state index contributed by atoms with van der Waals surface area (Å²) >= 11 is 0. The Hall–Kier alpha value is -3.34. The number of sulfonamides is 1. The van der Waals surface area contributed by atoms with Crippen LogP contribution in [0.5, 0.6) is 0 Å². The lowest BCUT2D eigenvalue weighted by atomic mass is 9.89. The number of allylic oxidation sites excluding steroid dienone is 1. The molecule has 184 valence electrons. The molecule has 0 aliphatic carbocycles. The lowest BCUT2D eigenvalue weighted by Crippen LogP contribution is -2.40. The van der Waals surface area contributed by atoms with Gasteiger partial charge in [0.15, 0.2) is 5.92 Å². The van der Waals surface area contributed by atoms with Gasteiger partial charge >= 0.3 is 18.1 Å². The zero-order valence-electron chi connectivity index (χ0n) is 18.8. The molecule has 0 radical (unpaired) electrons. The number of rotatable bonds is 8. The van der Waals surface area contributed by atoms with Gasteiger partial charge in [0.05, 0.1) is 30.7 Å². The summed E-state index contributed by atoms with van der Waals surface area (Å²) in [5.41, 5.74) is 1.05. The smallest absolute Gasteiger partial charge is 0.396 e. The second-order valence-electron chi connectivity index (χ2n) is 7.46. The van der Waals surface area contributed by atoms with Crippen LogP contribution in [0.3, 0.4) is 0 Å². The van der Waals surface area contributed by atoms with Gasteiger partial charge in [0.2, 0.25) is 0 Å². The van der Waals surface area contributed by atoms with Gasteiger partial charge in [0.25, 0.3) is 10.0 Å². The molecule has 0 saturated carbocycles. The maximum atomic E-state index is 14.1. The Balaban J connectivity index is 2.72. The molecular formula is C23H24F3NO6S. The quantitative estimate of drug-likeness (QED) is 0.439. The Bertz CT molecular complexity index is 1160. The van der Waals surface area contributed by atoms with Gasteiger partial charge in [-0.05, 0) is 43.7 Å². The molecule has 0 heterocycles. The summed E-state index contributed by atoms with van der Waals surface area (Å²) in [6.45, 7) is 3.41. The number of hydrogen-bond acceptors (Lipinski definition) is 6. The van der Waals surface area contributed by atoms with Gasteiger partial charge in [-0.3, -0.25) is 14.3 Å². The largest absolute Gasteiger partial charge is 0.468 e. The monoisotopic (exact) mass is 499 g/mol. The Morgan fingerprint density at radius 3 is 1.97 bits per heavy atom. The molecule has 11 heteroatoms. The van der Waals surface area contributed by atoms with Crippen molar-refractivity contribution < 1.29 is 40.7 Å². The number of aryl methyl sites for hydroxylation is 2. The summed E-state index contributed by atoms with van der Waals surface area (Å²) in [4.78, 5) is 24.1. The fourth-order valence-corrected chi connectivity index (χ4v) is 4.21. The minimum atomic E-state index is -5.13. The maximum absolute atomic E-state index is 14.1. The molecule has 0 aliphatic heterocycles. The van der Waals surface area contributed by atoms with Crippen molar-refractivity contribution in [1.82, 2.24) is 4.72 Å². The molecule has 0 aliphatic rings. The lowest BCUT2D eigenvalue weighted by Gasteiger charge is -2.24. The molecular weight excluding hydrogens is 475 g/mol. The molecule has 0 saturated heterocycles. The van der Waals surface area contributed by atoms with Crippen molar-refractivity contribution in [2.24, 2.45) is 11.8 Å². The van der Waals surface area contributed by atoms with Crippen molar-refractivity contribution >= 4 is 27.7 Å². The first-order valence-electron chi connectivity index (χ1n) is 9.91. The molecule has 0 spiro atoms. The minimum Gasteiger partial charge on any atom is -0.468 e. The van der Waals surface area contributed by atoms with Crippen LogP contribution >= 0.6 is 0 Å². The van der Waals surface area contributed by atoms with E-state index in [9.17, 15) is 31.2 Å². The van der Waals surface area contributed by atoms with Crippen molar-refractivity contribution in [1.29, 1.82) is 0 Å². The third-order valence-corrected chi connectivity index (χ3v) is 6.28. The van der Waals surface area contributed by atoms with Crippen LogP contribution in [0.25, 0.3) is 5.70 Å². The number of carbonyl (C=O) groups excluding carboxylic acids is 2. The van der Waals surface area contributed by atoms with Gasteiger partial charge < -0.3 is 9.47 Å². The Morgan fingerprint density at radius 2 is 1.50 bits per heavy atom. The van der Waals surface area contributed by atoms with Gasteiger partial charge in [-0.15, -0.1) is 0 Å². The van der Waals surface area contributed by atoms with Crippen LogP contribution in [0.15, 0.2) is 59.5 Å². The fraction of sp³-hybridized carbons (Fsp3) is 0.304. The van der Waals surface area contributed by atoms with E-state index in [-0.39, 0.29) is 10.5 Å². The SMILES string of the molecule is COC(=O)C(C(=O)OC)[C@H](/C=C(/NS(=O)(=O)c1ccc(C)cc1)c1cccc(C)c1)C(F)(F)F. The molecule has 1 N–H and O–H groups in total. The molecule has 34 heavy (non-hydrogen) atoms. The van der Waals surface area contributed by atoms with Crippen LogP contribution in [-0.4, -0.2) is 40.8 Å². The second-order valence-corrected chi connectivity index (χ2v) is 9.14. The molecule has 2 aromatic carbocycles. The van der Waals surface area contributed by atoms with Crippen molar-refractivity contribution in [3.63, 3.8) is 0 Å². The zero-order valence-corrected chi connectivity index (χ0v) is 19.7. The summed E-state index contributed by atoms with van der Waals surface area (Å²) < 4.78 is 79.2. The molecule has 1 atom stereocenters. The van der Waals surface area contributed by atoms with E-state index in [4.69, 9.17) is 0 Å². The third-order valence-electron chi connectivity index (χ3n) is 4.90. The van der Waals surface area contributed by atoms with E-state index in [1.54, 1.807) is 19.9 Å². The molecule has 2 rings (SSSR count). The zero-order chi connectivity index (χ0) is 25.7. The molecule has 2 aromatic rings. The molecule has 0 unspecified atom stereocenters. The summed E-state index contributed by atoms with van der Waals surface area (Å²) in [6.07, 6.45) is -4.64. The number of carbonyl (C=O) groups is 2. The molecule has 0 bridgehead atoms. The van der Waals surface area contributed by atoms with Gasteiger partial charge in [-0.25, -0.2) is 8.42 Å². The normalized spacial score (nSPS) is 13.4. The predicted molar refractivity (Wildman–Crippen MR) is 118 cm³/mol. The Morgan fingerprint density at radius 1 is 0.941 bits per heavy atom. The van der Waals surface area contributed by atoms with E-state index in [1.165, 1.54) is 42.5 Å². The summed E-state index contributed by atoms with van der Waals surface area (Å²) in [5.74, 6) is -8.10. The number of alkyl halides is 3. The number of esters is 2. The first kappa shape index (κ1) is 26.9. The van der Waals surface area contributed by atoms with Crippen LogP contribution in [0.2, 0.25) is 0 Å². The lowest BCUT2D eigenvalue weighted by molar-refractivity contribution is -0.194. The highest BCUT2D eigenvalue weighted by molar-refractivity contribution is 7.89. The van der Waals surface area contributed by atoms with Crippen LogP contribution in [0.1, 0.15) is 16.7 Å². The van der Waals surface area contributed by atoms with E-state index in [0.29, 0.717) is 11.6 Å². The number of methoxy groups -OCH3 is 2. The summed E-state index contributed by atoms with van der Waals surface area (Å²) in [5, 5.41) is 0. The summed E-state index contributed by atoms with van der Waals surface area (Å²) in [6, 6.07) is 11.7. The Kier molecular flexibility index (Phi) is 8.49. The van der Waals surface area contributed by atoms with Crippen molar-refractivity contribution in [2.45, 2.75) is 24.9 Å². The third kappa shape index (κ3) is 6.60. The topological polar surface area (TPSA) is 98.8 Å². The number of nitrogens with one attached hydrogen (secondary N) is 1. The number of ether oxygens (including phenoxy) is 2. The van der Waals surface area contributed by atoms with Crippen molar-refractivity contribution in [3.8, 4) is 0 Å². The van der Waals surface area contributed by atoms with Crippen LogP contribution < -0.4 is 4.72 Å². The van der Waals surface area contributed by atoms with Crippen LogP contribution in [-0.2, 0) is 29.1 Å². The highest BCUT2D eigenvalue weighted by Crippen LogP contribution is 2.37. The molecule has 0 amide bonds. The highest BCUT2D eigenvalue weighted by Gasteiger charge is 2.51. The van der Waals surface area contributed by atoms with Crippen LogP contribution in [0, 0.1) is 25.7 Å². The minimum absolute atomic E-state index is 0.0958.